The minimum atomic E-state index is -1.17. The monoisotopic (exact) mass is 350 g/mol. The van der Waals surface area contributed by atoms with Crippen LogP contribution in [0.2, 0.25) is 0 Å². The van der Waals surface area contributed by atoms with Crippen molar-refractivity contribution in [2.45, 2.75) is 13.0 Å². The Hall–Kier alpha value is -3.36. The van der Waals surface area contributed by atoms with Gasteiger partial charge in [-0.15, -0.1) is 0 Å². The van der Waals surface area contributed by atoms with Crippen molar-refractivity contribution in [3.05, 3.63) is 63.7 Å². The molecule has 0 aliphatic rings. The molecule has 0 heterocycles. The van der Waals surface area contributed by atoms with Crippen LogP contribution < -0.4 is 10.1 Å². The third-order valence-electron chi connectivity index (χ3n) is 3.18. The molecule has 7 nitrogen and oxygen atoms in total. The number of nitro groups is 1. The van der Waals surface area contributed by atoms with Crippen LogP contribution in [0.5, 0.6) is 5.75 Å². The van der Waals surface area contributed by atoms with Crippen molar-refractivity contribution in [2.75, 3.05) is 5.32 Å². The number of amides is 1. The molecular formula is C16H12F2N2O5. The molecule has 0 unspecified atom stereocenters. The summed E-state index contributed by atoms with van der Waals surface area (Å²) in [5, 5.41) is 13.3. The van der Waals surface area contributed by atoms with Crippen LogP contribution in [0.1, 0.15) is 17.3 Å². The molecule has 2 rings (SSSR count). The first kappa shape index (κ1) is 18.0. The molecule has 130 valence electrons. The van der Waals surface area contributed by atoms with E-state index in [9.17, 15) is 28.5 Å². The number of carbonyl (C=O) groups is 2. The number of carbonyl (C=O) groups excluding carboxylic acids is 2. The fourth-order valence-electron chi connectivity index (χ4n) is 1.91. The summed E-state index contributed by atoms with van der Waals surface area (Å²) in [4.78, 5) is 33.0. The van der Waals surface area contributed by atoms with Gasteiger partial charge < -0.3 is 10.1 Å². The molecule has 0 bridgehead atoms. The first-order valence-corrected chi connectivity index (χ1v) is 6.98. The molecule has 25 heavy (non-hydrogen) atoms. The molecule has 2 aromatic carbocycles. The van der Waals surface area contributed by atoms with Gasteiger partial charge >= 0.3 is 5.69 Å². The maximum Gasteiger partial charge on any atom is 0.311 e. The Labute approximate surface area is 140 Å². The minimum absolute atomic E-state index is 0.00477. The lowest BCUT2D eigenvalue weighted by Gasteiger charge is -2.15. The second kappa shape index (κ2) is 7.47. The Morgan fingerprint density at radius 1 is 1.24 bits per heavy atom. The van der Waals surface area contributed by atoms with Crippen LogP contribution in [0, 0.1) is 21.7 Å². The van der Waals surface area contributed by atoms with Gasteiger partial charge in [-0.2, -0.15) is 0 Å². The third-order valence-corrected chi connectivity index (χ3v) is 3.18. The summed E-state index contributed by atoms with van der Waals surface area (Å²) in [6.45, 7) is 1.33. The van der Waals surface area contributed by atoms with Crippen molar-refractivity contribution >= 4 is 23.6 Å². The van der Waals surface area contributed by atoms with E-state index >= 15 is 0 Å². The lowest BCUT2D eigenvalue weighted by atomic mass is 10.2. The van der Waals surface area contributed by atoms with E-state index < -0.39 is 34.3 Å². The molecule has 0 spiro atoms. The van der Waals surface area contributed by atoms with E-state index in [0.717, 1.165) is 24.3 Å². The standard InChI is InChI=1S/C16H12F2N2O5/c1-9(16(22)19-11-3-4-12(17)13(18)7-11)25-15-5-2-10(8-21)6-14(15)20(23)24/h2-9H,1H3,(H,19,22)/t9-/m1/s1. The first-order chi connectivity index (χ1) is 11.8. The second-order valence-corrected chi connectivity index (χ2v) is 4.98. The molecule has 0 aliphatic carbocycles. The Balaban J connectivity index is 2.14. The highest BCUT2D eigenvalue weighted by Crippen LogP contribution is 2.28. The number of nitro benzene ring substituents is 1. The van der Waals surface area contributed by atoms with E-state index in [1.54, 1.807) is 0 Å². The highest BCUT2D eigenvalue weighted by atomic mass is 19.2. The molecule has 0 aromatic heterocycles. The van der Waals surface area contributed by atoms with E-state index in [1.807, 2.05) is 0 Å². The molecule has 0 fully saturated rings. The molecule has 1 amide bonds. The number of hydrogen-bond acceptors (Lipinski definition) is 5. The summed E-state index contributed by atoms with van der Waals surface area (Å²) in [6.07, 6.45) is -0.732. The SMILES string of the molecule is C[C@@H](Oc1ccc(C=O)cc1[N+](=O)[O-])C(=O)Nc1ccc(F)c(F)c1. The number of aldehydes is 1. The zero-order chi connectivity index (χ0) is 18.6. The number of ether oxygens (including phenoxy) is 1. The number of benzene rings is 2. The van der Waals surface area contributed by atoms with Crippen LogP contribution in [0.4, 0.5) is 20.2 Å². The highest BCUT2D eigenvalue weighted by molar-refractivity contribution is 5.94. The fraction of sp³-hybridized carbons (Fsp3) is 0.125. The fourth-order valence-corrected chi connectivity index (χ4v) is 1.91. The van der Waals surface area contributed by atoms with Crippen molar-refractivity contribution in [2.24, 2.45) is 0 Å². The summed E-state index contributed by atoms with van der Waals surface area (Å²) >= 11 is 0. The van der Waals surface area contributed by atoms with Gasteiger partial charge in [0.2, 0.25) is 0 Å². The summed E-state index contributed by atoms with van der Waals surface area (Å²) < 4.78 is 31.2. The van der Waals surface area contributed by atoms with Crippen molar-refractivity contribution in [3.63, 3.8) is 0 Å². The molecular weight excluding hydrogens is 338 g/mol. The first-order valence-electron chi connectivity index (χ1n) is 6.98. The van der Waals surface area contributed by atoms with Gasteiger partial charge in [0, 0.05) is 23.4 Å². The number of nitrogens with one attached hydrogen (secondary N) is 1. The number of anilines is 1. The molecule has 1 N–H and O–H groups in total. The molecule has 0 aliphatic heterocycles. The second-order valence-electron chi connectivity index (χ2n) is 4.98. The van der Waals surface area contributed by atoms with E-state index in [0.29, 0.717) is 6.29 Å². The van der Waals surface area contributed by atoms with Crippen LogP contribution in [0.15, 0.2) is 36.4 Å². The maximum absolute atomic E-state index is 13.1. The molecule has 0 saturated carbocycles. The van der Waals surface area contributed by atoms with Gasteiger partial charge in [-0.3, -0.25) is 19.7 Å². The minimum Gasteiger partial charge on any atom is -0.474 e. The zero-order valence-electron chi connectivity index (χ0n) is 12.9. The van der Waals surface area contributed by atoms with Gasteiger partial charge in [0.05, 0.1) is 4.92 Å². The van der Waals surface area contributed by atoms with Crippen LogP contribution in [-0.2, 0) is 4.79 Å². The van der Waals surface area contributed by atoms with Crippen molar-refractivity contribution in [3.8, 4) is 5.75 Å². The molecule has 2 aromatic rings. The van der Waals surface area contributed by atoms with Crippen LogP contribution in [0.25, 0.3) is 0 Å². The van der Waals surface area contributed by atoms with Crippen molar-refractivity contribution in [1.82, 2.24) is 0 Å². The van der Waals surface area contributed by atoms with Crippen LogP contribution >= 0.6 is 0 Å². The number of nitrogens with zero attached hydrogens (tertiary/aromatic N) is 1. The number of rotatable bonds is 6. The quantitative estimate of drug-likeness (QED) is 0.490. The summed E-state index contributed by atoms with van der Waals surface area (Å²) in [7, 11) is 0. The summed E-state index contributed by atoms with van der Waals surface area (Å²) in [5.41, 5.74) is -0.389. The van der Waals surface area contributed by atoms with Gasteiger partial charge in [0.1, 0.15) is 6.29 Å². The lowest BCUT2D eigenvalue weighted by Crippen LogP contribution is -2.30. The topological polar surface area (TPSA) is 98.5 Å². The number of halogens is 2. The van der Waals surface area contributed by atoms with E-state index in [-0.39, 0.29) is 17.0 Å². The Morgan fingerprint density at radius 2 is 1.96 bits per heavy atom. The van der Waals surface area contributed by atoms with E-state index in [4.69, 9.17) is 4.74 Å². The Bertz CT molecular complexity index is 841. The van der Waals surface area contributed by atoms with Gasteiger partial charge in [0.25, 0.3) is 5.91 Å². The van der Waals surface area contributed by atoms with Gasteiger partial charge in [-0.05, 0) is 31.2 Å². The normalized spacial score (nSPS) is 11.5. The summed E-state index contributed by atoms with van der Waals surface area (Å²) in [6, 6.07) is 6.31. The zero-order valence-corrected chi connectivity index (χ0v) is 12.9. The van der Waals surface area contributed by atoms with Crippen molar-refractivity contribution < 1.29 is 28.0 Å². The molecule has 0 radical (unpaired) electrons. The van der Waals surface area contributed by atoms with E-state index in [1.165, 1.54) is 19.1 Å². The highest BCUT2D eigenvalue weighted by Gasteiger charge is 2.22. The Kier molecular flexibility index (Phi) is 5.38. The predicted octanol–water partition coefficient (Wildman–Crippen LogP) is 3.09. The average Bonchev–Trinajstić information content (AvgIpc) is 2.58. The van der Waals surface area contributed by atoms with Crippen molar-refractivity contribution in [1.29, 1.82) is 0 Å². The predicted molar refractivity (Wildman–Crippen MR) is 83.6 cm³/mol. The molecule has 0 saturated heterocycles. The van der Waals surface area contributed by atoms with Gasteiger partial charge in [0.15, 0.2) is 23.5 Å². The van der Waals surface area contributed by atoms with Gasteiger partial charge in [-0.1, -0.05) is 0 Å². The summed E-state index contributed by atoms with van der Waals surface area (Å²) in [5.74, 6) is -3.12. The molecule has 9 heteroatoms. The third kappa shape index (κ3) is 4.34. The lowest BCUT2D eigenvalue weighted by molar-refractivity contribution is -0.386. The number of hydrogen-bond donors (Lipinski definition) is 1. The van der Waals surface area contributed by atoms with E-state index in [2.05, 4.69) is 5.32 Å². The largest absolute Gasteiger partial charge is 0.474 e. The Morgan fingerprint density at radius 3 is 2.56 bits per heavy atom. The maximum atomic E-state index is 13.1. The smallest absolute Gasteiger partial charge is 0.311 e. The van der Waals surface area contributed by atoms with Crippen LogP contribution in [0.3, 0.4) is 0 Å². The average molecular weight is 350 g/mol. The van der Waals surface area contributed by atoms with Crippen LogP contribution in [-0.4, -0.2) is 23.2 Å². The van der Waals surface area contributed by atoms with Gasteiger partial charge in [-0.25, -0.2) is 8.78 Å². The molecule has 1 atom stereocenters.